The van der Waals surface area contributed by atoms with Crippen molar-refractivity contribution in [1.29, 1.82) is 0 Å². The number of fused-ring (bicyclic) bond motifs is 1. The summed E-state index contributed by atoms with van der Waals surface area (Å²) in [6, 6.07) is 12.7. The van der Waals surface area contributed by atoms with Crippen LogP contribution in [0.4, 0.5) is 13.2 Å². The molecule has 0 aliphatic carbocycles. The Balaban J connectivity index is 2.26. The van der Waals surface area contributed by atoms with Crippen molar-refractivity contribution >= 4 is 17.2 Å². The van der Waals surface area contributed by atoms with Crippen LogP contribution in [0.1, 0.15) is 15.9 Å². The Morgan fingerprint density at radius 1 is 1.08 bits per heavy atom. The van der Waals surface area contributed by atoms with Crippen molar-refractivity contribution < 1.29 is 22.7 Å². The quantitative estimate of drug-likeness (QED) is 0.639. The van der Waals surface area contributed by atoms with Crippen LogP contribution in [-0.2, 0) is 0 Å². The van der Waals surface area contributed by atoms with Crippen LogP contribution >= 0.6 is 0 Å². The van der Waals surface area contributed by atoms with E-state index in [9.17, 15) is 18.0 Å². The number of aryl methyl sites for hydroxylation is 1. The highest BCUT2D eigenvalue weighted by molar-refractivity contribution is 5.95. The van der Waals surface area contributed by atoms with Crippen LogP contribution in [0.5, 0.6) is 5.75 Å². The second-order valence-electron chi connectivity index (χ2n) is 5.23. The monoisotopic (exact) mass is 331 g/mol. The second-order valence-corrected chi connectivity index (χ2v) is 5.23. The van der Waals surface area contributed by atoms with Crippen molar-refractivity contribution in [2.24, 2.45) is 0 Å². The number of hydrogen-bond acceptors (Lipinski definition) is 3. The zero-order valence-electron chi connectivity index (χ0n) is 12.6. The Hall–Kier alpha value is -2.89. The molecule has 0 bridgehead atoms. The predicted molar refractivity (Wildman–Crippen MR) is 84.0 cm³/mol. The third-order valence-corrected chi connectivity index (χ3v) is 3.57. The summed E-state index contributed by atoms with van der Waals surface area (Å²) in [6.07, 6.45) is -4.25. The van der Waals surface area contributed by atoms with E-state index in [0.29, 0.717) is 11.8 Å². The fraction of sp³-hybridized carbons (Fsp3) is 0.111. The van der Waals surface area contributed by atoms with Crippen molar-refractivity contribution in [3.8, 4) is 17.0 Å². The van der Waals surface area contributed by atoms with Crippen molar-refractivity contribution in [1.82, 2.24) is 4.98 Å². The number of para-hydroxylation sites is 2. The zero-order chi connectivity index (χ0) is 17.3. The molecule has 3 nitrogen and oxygen atoms in total. The van der Waals surface area contributed by atoms with Gasteiger partial charge in [-0.25, -0.2) is 4.98 Å². The molecule has 0 aliphatic heterocycles. The Morgan fingerprint density at radius 3 is 2.54 bits per heavy atom. The predicted octanol–water partition coefficient (Wildman–Crippen LogP) is 4.92. The summed E-state index contributed by atoms with van der Waals surface area (Å²) in [6.45, 7) is 1.85. The highest BCUT2D eigenvalue weighted by Crippen LogP contribution is 2.35. The van der Waals surface area contributed by atoms with Crippen LogP contribution in [0.2, 0.25) is 0 Å². The molecule has 24 heavy (non-hydrogen) atoms. The molecular weight excluding hydrogens is 319 g/mol. The minimum absolute atomic E-state index is 0.113. The lowest BCUT2D eigenvalue weighted by atomic mass is 10.0. The van der Waals surface area contributed by atoms with E-state index < -0.39 is 12.1 Å². The van der Waals surface area contributed by atoms with Gasteiger partial charge in [0.1, 0.15) is 5.75 Å². The largest absolute Gasteiger partial charge is 0.573 e. The van der Waals surface area contributed by atoms with E-state index in [0.717, 1.165) is 10.9 Å². The van der Waals surface area contributed by atoms with Crippen LogP contribution < -0.4 is 4.74 Å². The number of benzene rings is 2. The molecule has 0 fully saturated rings. The number of rotatable bonds is 3. The zero-order valence-corrected chi connectivity index (χ0v) is 12.6. The molecule has 0 atom stereocenters. The number of ether oxygens (including phenoxy) is 1. The summed E-state index contributed by atoms with van der Waals surface area (Å²) in [7, 11) is 0. The van der Waals surface area contributed by atoms with Crippen molar-refractivity contribution in [2.45, 2.75) is 13.3 Å². The van der Waals surface area contributed by atoms with Gasteiger partial charge in [-0.3, -0.25) is 4.79 Å². The number of alkyl halides is 3. The summed E-state index contributed by atoms with van der Waals surface area (Å²) >= 11 is 0. The van der Waals surface area contributed by atoms with Gasteiger partial charge < -0.3 is 4.74 Å². The number of pyridine rings is 1. The first-order valence-corrected chi connectivity index (χ1v) is 7.10. The van der Waals surface area contributed by atoms with Gasteiger partial charge in [-0.05, 0) is 30.7 Å². The lowest BCUT2D eigenvalue weighted by Crippen LogP contribution is -2.17. The Kier molecular flexibility index (Phi) is 3.97. The molecule has 0 N–H and O–H groups in total. The summed E-state index contributed by atoms with van der Waals surface area (Å²) in [5, 5.41) is 0.745. The van der Waals surface area contributed by atoms with Crippen LogP contribution in [-0.4, -0.2) is 17.6 Å². The maximum absolute atomic E-state index is 12.6. The third-order valence-electron chi connectivity index (χ3n) is 3.57. The summed E-state index contributed by atoms with van der Waals surface area (Å²) in [5.74, 6) is -0.395. The first-order chi connectivity index (χ1) is 11.4. The number of carbonyl (C=O) groups excluding carboxylic acids is 1. The van der Waals surface area contributed by atoms with E-state index in [2.05, 4.69) is 9.72 Å². The lowest BCUT2D eigenvalue weighted by Gasteiger charge is -2.14. The molecule has 122 valence electrons. The number of carbonyl (C=O) groups is 1. The Labute approximate surface area is 135 Å². The van der Waals surface area contributed by atoms with Gasteiger partial charge in [0.25, 0.3) is 0 Å². The van der Waals surface area contributed by atoms with Gasteiger partial charge in [-0.15, -0.1) is 13.2 Å². The Morgan fingerprint density at radius 2 is 1.83 bits per heavy atom. The minimum atomic E-state index is -4.83. The minimum Gasteiger partial charge on any atom is -0.405 e. The molecule has 0 spiro atoms. The molecule has 0 saturated carbocycles. The molecule has 0 unspecified atom stereocenters. The number of aromatic nitrogens is 1. The van der Waals surface area contributed by atoms with Gasteiger partial charge in [-0.1, -0.05) is 30.3 Å². The van der Waals surface area contributed by atoms with Crippen molar-refractivity contribution in [3.05, 3.63) is 59.7 Å². The molecule has 1 heterocycles. The summed E-state index contributed by atoms with van der Waals surface area (Å²) in [4.78, 5) is 15.9. The van der Waals surface area contributed by atoms with Gasteiger partial charge in [0.05, 0.1) is 11.2 Å². The molecule has 6 heteroatoms. The highest BCUT2D eigenvalue weighted by atomic mass is 19.4. The average Bonchev–Trinajstić information content (AvgIpc) is 2.53. The van der Waals surface area contributed by atoms with Gasteiger partial charge in [-0.2, -0.15) is 0 Å². The fourth-order valence-corrected chi connectivity index (χ4v) is 2.54. The standard InChI is InChI=1S/C18H12F3NO2/c1-11-5-4-6-12-9-13(10-23)17(22-16(11)12)14-7-2-3-8-15(14)24-18(19,20)21/h2-10H,1H3. The van der Waals surface area contributed by atoms with E-state index >= 15 is 0 Å². The number of aldehydes is 1. The number of nitrogens with zero attached hydrogens (tertiary/aromatic N) is 1. The Bertz CT molecular complexity index is 920. The smallest absolute Gasteiger partial charge is 0.405 e. The van der Waals surface area contributed by atoms with Crippen molar-refractivity contribution in [2.75, 3.05) is 0 Å². The molecule has 0 radical (unpaired) electrons. The third kappa shape index (κ3) is 3.08. The van der Waals surface area contributed by atoms with Crippen LogP contribution in [0.3, 0.4) is 0 Å². The lowest BCUT2D eigenvalue weighted by molar-refractivity contribution is -0.274. The average molecular weight is 331 g/mol. The summed E-state index contributed by atoms with van der Waals surface area (Å²) < 4.78 is 41.9. The van der Waals surface area contributed by atoms with E-state index in [1.165, 1.54) is 18.2 Å². The fourth-order valence-electron chi connectivity index (χ4n) is 2.54. The maximum Gasteiger partial charge on any atom is 0.573 e. The topological polar surface area (TPSA) is 39.2 Å². The van der Waals surface area contributed by atoms with Crippen LogP contribution in [0, 0.1) is 6.92 Å². The van der Waals surface area contributed by atoms with Gasteiger partial charge in [0, 0.05) is 16.5 Å². The van der Waals surface area contributed by atoms with Gasteiger partial charge >= 0.3 is 6.36 Å². The molecule has 0 amide bonds. The molecule has 1 aromatic heterocycles. The number of hydrogen-bond donors (Lipinski definition) is 0. The second kappa shape index (κ2) is 5.96. The molecule has 3 rings (SSSR count). The first kappa shape index (κ1) is 16.0. The van der Waals surface area contributed by atoms with Crippen LogP contribution in [0.25, 0.3) is 22.2 Å². The first-order valence-electron chi connectivity index (χ1n) is 7.10. The molecule has 3 aromatic rings. The van der Waals surface area contributed by atoms with Crippen molar-refractivity contribution in [3.63, 3.8) is 0 Å². The molecule has 0 saturated heterocycles. The number of halogens is 3. The van der Waals surface area contributed by atoms with Gasteiger partial charge in [0.2, 0.25) is 0 Å². The van der Waals surface area contributed by atoms with Gasteiger partial charge in [0.15, 0.2) is 6.29 Å². The summed E-state index contributed by atoms with van der Waals surface area (Å²) in [5.41, 5.74) is 1.96. The molecule has 0 aliphatic rings. The molecule has 2 aromatic carbocycles. The van der Waals surface area contributed by atoms with Crippen LogP contribution in [0.15, 0.2) is 48.5 Å². The normalized spacial score (nSPS) is 11.5. The SMILES string of the molecule is Cc1cccc2cc(C=O)c(-c3ccccc3OC(F)(F)F)nc12. The maximum atomic E-state index is 12.6. The highest BCUT2D eigenvalue weighted by Gasteiger charge is 2.32. The van der Waals surface area contributed by atoms with E-state index in [1.54, 1.807) is 18.2 Å². The molecular formula is C18H12F3NO2. The van der Waals surface area contributed by atoms with E-state index in [1.807, 2.05) is 19.1 Å². The van der Waals surface area contributed by atoms with E-state index in [-0.39, 0.29) is 16.8 Å². The van der Waals surface area contributed by atoms with E-state index in [4.69, 9.17) is 0 Å².